The molecular weight excluding hydrogens is 971 g/mol. The fourth-order valence-electron chi connectivity index (χ4n) is 13.4. The Hall–Kier alpha value is -1.10. The van der Waals surface area contributed by atoms with Gasteiger partial charge < -0.3 is 18.1 Å². The van der Waals surface area contributed by atoms with Crippen molar-refractivity contribution in [3.8, 4) is 0 Å². The minimum Gasteiger partial charge on any atom is -0.321 e. The number of nitrogens with one attached hydrogen (secondary N) is 2. The van der Waals surface area contributed by atoms with E-state index < -0.39 is 17.1 Å². The highest BCUT2D eigenvalue weighted by molar-refractivity contribution is 7.45. The molecule has 75 heavy (non-hydrogen) atoms. The lowest BCUT2D eigenvalue weighted by Crippen LogP contribution is -2.60. The molecule has 0 saturated carbocycles. The summed E-state index contributed by atoms with van der Waals surface area (Å²) >= 11 is 0. The van der Waals surface area contributed by atoms with Crippen molar-refractivity contribution in [2.24, 2.45) is 17.3 Å². The first-order valence-electron chi connectivity index (χ1n) is 30.6. The van der Waals surface area contributed by atoms with Crippen molar-refractivity contribution in [2.75, 3.05) is 39.5 Å². The molecular formula is C63H110N4O6P2. The van der Waals surface area contributed by atoms with E-state index in [0.717, 1.165) is 24.9 Å². The zero-order valence-corrected chi connectivity index (χ0v) is 51.2. The summed E-state index contributed by atoms with van der Waals surface area (Å²) in [5.74, 6) is 1.54. The minimum atomic E-state index is -1.02. The second kappa shape index (κ2) is 31.8. The average molecular weight is 1080 g/mol. The Balaban J connectivity index is 0.668. The molecule has 4 aliphatic heterocycles. The summed E-state index contributed by atoms with van der Waals surface area (Å²) in [6, 6.07) is 21.3. The van der Waals surface area contributed by atoms with Crippen LogP contribution in [0.25, 0.3) is 0 Å². The topological polar surface area (TPSA) is 85.9 Å². The van der Waals surface area contributed by atoms with E-state index in [1.165, 1.54) is 178 Å². The molecule has 2 unspecified atom stereocenters. The van der Waals surface area contributed by atoms with Crippen LogP contribution < -0.4 is 10.2 Å². The van der Waals surface area contributed by atoms with Gasteiger partial charge in [-0.1, -0.05) is 189 Å². The number of nitrogens with zero attached hydrogens (tertiary/aromatic N) is 2. The Morgan fingerprint density at radius 3 is 0.987 bits per heavy atom. The van der Waals surface area contributed by atoms with E-state index in [0.29, 0.717) is 26.4 Å². The SMILES string of the molecule is CC(ON1C(C)(C)CC(CCCCCCCCCCCCNP2OCC3(CO2)COP(NCCCCCCCCCCCCC2CC(C)(C)N(OC(C)c4ccccc4)C(C)(C)C2)OC3)CC1(C)C)c1ccccc1. The van der Waals surface area contributed by atoms with Crippen molar-refractivity contribution in [1.29, 1.82) is 0 Å². The Labute approximate surface area is 462 Å². The van der Waals surface area contributed by atoms with Gasteiger partial charge in [0.1, 0.15) is 12.2 Å². The van der Waals surface area contributed by atoms with Gasteiger partial charge in [-0.15, -0.1) is 0 Å². The van der Waals surface area contributed by atoms with E-state index >= 15 is 0 Å². The van der Waals surface area contributed by atoms with Crippen molar-refractivity contribution in [1.82, 2.24) is 20.3 Å². The molecule has 2 aromatic carbocycles. The Kier molecular flexibility index (Phi) is 26.7. The maximum Gasteiger partial charge on any atom is 0.255 e. The Bertz CT molecular complexity index is 1650. The first kappa shape index (κ1) is 63.1. The number of piperidine rings is 2. The third-order valence-corrected chi connectivity index (χ3v) is 19.3. The van der Waals surface area contributed by atoms with Crippen LogP contribution in [0.4, 0.5) is 0 Å². The second-order valence-electron chi connectivity index (χ2n) is 26.3. The van der Waals surface area contributed by atoms with Crippen LogP contribution in [0.5, 0.6) is 0 Å². The van der Waals surface area contributed by atoms with Crippen molar-refractivity contribution < 1.29 is 27.8 Å². The van der Waals surface area contributed by atoms with E-state index in [1.54, 1.807) is 0 Å². The fourth-order valence-corrected chi connectivity index (χ4v) is 16.1. The van der Waals surface area contributed by atoms with Crippen LogP contribution in [-0.4, -0.2) is 71.8 Å². The summed E-state index contributed by atoms with van der Waals surface area (Å²) in [5, 5.41) is 11.7. The number of hydroxylamine groups is 4. The summed E-state index contributed by atoms with van der Waals surface area (Å²) in [4.78, 5) is 13.3. The Morgan fingerprint density at radius 1 is 0.427 bits per heavy atom. The molecule has 4 saturated heterocycles. The van der Waals surface area contributed by atoms with Gasteiger partial charge in [0, 0.05) is 35.2 Å². The van der Waals surface area contributed by atoms with Gasteiger partial charge in [-0.05, 0) is 131 Å². The van der Waals surface area contributed by atoms with Gasteiger partial charge in [-0.3, -0.25) is 19.8 Å². The molecule has 4 heterocycles. The molecule has 10 nitrogen and oxygen atoms in total. The standard InChI is InChI=1S/C63H110N4O6P2/c1-53(57-39-31-27-32-40-57)72-66-59(3,4)45-55(46-60(66,5)6)37-29-23-19-15-11-13-17-21-25-35-43-64-74-68-49-63(50-69-74)51-70-75(71-52-63)65-44-36-26-22-18-14-12-16-20-24-30-38-56-47-61(7,8)67(62(9,10)48-56)73-54(2)58-41-33-28-34-42-58/h27-28,31-34,39-42,53-56,64-65H,11-26,29-30,35-38,43-52H2,1-10H3. The third kappa shape index (κ3) is 21.4. The van der Waals surface area contributed by atoms with Crippen LogP contribution in [0.3, 0.4) is 0 Å². The predicted molar refractivity (Wildman–Crippen MR) is 315 cm³/mol. The zero-order chi connectivity index (χ0) is 53.6. The zero-order valence-electron chi connectivity index (χ0n) is 49.4. The summed E-state index contributed by atoms with van der Waals surface area (Å²) in [6.07, 6.45) is 34.3. The molecule has 0 amide bonds. The summed E-state index contributed by atoms with van der Waals surface area (Å²) in [7, 11) is -2.05. The van der Waals surface area contributed by atoms with Gasteiger partial charge in [0.05, 0.1) is 31.8 Å². The molecule has 2 atom stereocenters. The highest BCUT2D eigenvalue weighted by Gasteiger charge is 2.48. The lowest BCUT2D eigenvalue weighted by atomic mass is 9.73. The minimum absolute atomic E-state index is 0.0239. The molecule has 12 heteroatoms. The number of hydrogen-bond acceptors (Lipinski definition) is 10. The van der Waals surface area contributed by atoms with E-state index in [2.05, 4.69) is 150 Å². The molecule has 2 N–H and O–H groups in total. The van der Waals surface area contributed by atoms with Gasteiger partial charge in [0.2, 0.25) is 0 Å². The first-order chi connectivity index (χ1) is 36.0. The molecule has 0 bridgehead atoms. The largest absolute Gasteiger partial charge is 0.321 e. The van der Waals surface area contributed by atoms with Crippen LogP contribution in [-0.2, 0) is 27.8 Å². The predicted octanol–water partition coefficient (Wildman–Crippen LogP) is 18.2. The molecule has 6 rings (SSSR count). The van der Waals surface area contributed by atoms with Crippen LogP contribution >= 0.6 is 17.1 Å². The average Bonchev–Trinajstić information content (AvgIpc) is 3.37. The smallest absolute Gasteiger partial charge is 0.255 e. The Morgan fingerprint density at radius 2 is 0.693 bits per heavy atom. The van der Waals surface area contributed by atoms with Crippen molar-refractivity contribution in [3.05, 3.63) is 71.8 Å². The first-order valence-corrected chi connectivity index (χ1v) is 33.0. The van der Waals surface area contributed by atoms with Gasteiger partial charge in [-0.25, -0.2) is 0 Å². The summed E-state index contributed by atoms with van der Waals surface area (Å²) < 4.78 is 24.7. The van der Waals surface area contributed by atoms with Gasteiger partial charge in [0.25, 0.3) is 17.1 Å². The molecule has 1 spiro atoms. The fraction of sp³-hybridized carbons (Fsp3) is 0.810. The lowest BCUT2D eigenvalue weighted by molar-refractivity contribution is -0.310. The molecule has 4 aliphatic rings. The monoisotopic (exact) mass is 1080 g/mol. The molecule has 4 fully saturated rings. The normalized spacial score (nSPS) is 25.1. The highest BCUT2D eigenvalue weighted by atomic mass is 31.2. The molecule has 0 radical (unpaired) electrons. The van der Waals surface area contributed by atoms with Gasteiger partial charge in [0.15, 0.2) is 0 Å². The van der Waals surface area contributed by atoms with Crippen LogP contribution in [0.15, 0.2) is 60.7 Å². The number of hydrogen-bond donors (Lipinski definition) is 2. The van der Waals surface area contributed by atoms with Crippen LogP contribution in [0.2, 0.25) is 0 Å². The highest BCUT2D eigenvalue weighted by Crippen LogP contribution is 2.50. The summed E-state index contributed by atoms with van der Waals surface area (Å²) in [6.45, 7) is 27.8. The van der Waals surface area contributed by atoms with Gasteiger partial charge >= 0.3 is 0 Å². The molecule has 0 aliphatic carbocycles. The molecule has 428 valence electrons. The van der Waals surface area contributed by atoms with Crippen LogP contribution in [0.1, 0.15) is 260 Å². The molecule has 2 aromatic rings. The van der Waals surface area contributed by atoms with E-state index in [-0.39, 0.29) is 39.8 Å². The maximum absolute atomic E-state index is 6.67. The van der Waals surface area contributed by atoms with Crippen molar-refractivity contribution in [3.63, 3.8) is 0 Å². The third-order valence-electron chi connectivity index (χ3n) is 16.9. The van der Waals surface area contributed by atoms with Crippen molar-refractivity contribution >= 4 is 17.1 Å². The lowest BCUT2D eigenvalue weighted by Gasteiger charge is -2.54. The second-order valence-corrected chi connectivity index (χ2v) is 29.0. The van der Waals surface area contributed by atoms with Crippen LogP contribution in [0, 0.1) is 17.3 Å². The quantitative estimate of drug-likeness (QED) is 0.0522. The number of unbranched alkanes of at least 4 members (excludes halogenated alkanes) is 18. The molecule has 0 aromatic heterocycles. The van der Waals surface area contributed by atoms with Crippen molar-refractivity contribution in [2.45, 2.75) is 271 Å². The van der Waals surface area contributed by atoms with E-state index in [9.17, 15) is 0 Å². The number of rotatable bonds is 34. The van der Waals surface area contributed by atoms with E-state index in [1.807, 2.05) is 0 Å². The van der Waals surface area contributed by atoms with E-state index in [4.69, 9.17) is 27.8 Å². The maximum atomic E-state index is 6.67. The summed E-state index contributed by atoms with van der Waals surface area (Å²) in [5.41, 5.74) is 2.39. The van der Waals surface area contributed by atoms with Gasteiger partial charge in [-0.2, -0.15) is 10.1 Å². The number of benzene rings is 2.